The van der Waals surface area contributed by atoms with Gasteiger partial charge in [-0.05, 0) is 43.3 Å². The van der Waals surface area contributed by atoms with E-state index in [9.17, 15) is 19.3 Å². The Morgan fingerprint density at radius 3 is 2.63 bits per heavy atom. The van der Waals surface area contributed by atoms with E-state index in [0.29, 0.717) is 28.2 Å². The van der Waals surface area contributed by atoms with Gasteiger partial charge in [-0.1, -0.05) is 11.6 Å². The number of benzene rings is 2. The minimum absolute atomic E-state index is 0.0449. The van der Waals surface area contributed by atoms with Crippen LogP contribution in [0.2, 0.25) is 5.02 Å². The van der Waals surface area contributed by atoms with Crippen LogP contribution in [0.5, 0.6) is 0 Å². The number of hydrogen-bond donors (Lipinski definition) is 1. The molecule has 0 saturated carbocycles. The molecule has 1 N–H and O–H groups in total. The maximum absolute atomic E-state index is 13.3. The summed E-state index contributed by atoms with van der Waals surface area (Å²) in [4.78, 5) is 32.0. The third-order valence-electron chi connectivity index (χ3n) is 5.09. The summed E-state index contributed by atoms with van der Waals surface area (Å²) < 4.78 is 16.3. The van der Waals surface area contributed by atoms with Gasteiger partial charge in [0.1, 0.15) is 23.0 Å². The van der Waals surface area contributed by atoms with Crippen LogP contribution >= 0.6 is 11.6 Å². The molecule has 0 spiro atoms. The van der Waals surface area contributed by atoms with E-state index in [0.717, 1.165) is 6.07 Å². The van der Waals surface area contributed by atoms with Crippen LogP contribution in [0.1, 0.15) is 16.1 Å². The van der Waals surface area contributed by atoms with Crippen molar-refractivity contribution in [2.24, 2.45) is 0 Å². The second-order valence-electron chi connectivity index (χ2n) is 7.43. The van der Waals surface area contributed by atoms with Crippen LogP contribution in [0.25, 0.3) is 22.5 Å². The van der Waals surface area contributed by atoms with Crippen molar-refractivity contribution in [1.82, 2.24) is 29.5 Å². The highest BCUT2D eigenvalue weighted by atomic mass is 35.5. The Kier molecular flexibility index (Phi) is 5.41. The molecule has 2 aromatic carbocycles. The number of rotatable bonds is 5. The van der Waals surface area contributed by atoms with E-state index in [-0.39, 0.29) is 27.9 Å². The number of nitro benzene ring substituents is 1. The molecule has 0 aliphatic rings. The first-order valence-corrected chi connectivity index (χ1v) is 10.5. The zero-order valence-corrected chi connectivity index (χ0v) is 18.6. The third kappa shape index (κ3) is 4.06. The number of hydrogen-bond acceptors (Lipinski definition) is 7. The molecule has 1 amide bonds. The van der Waals surface area contributed by atoms with Gasteiger partial charge >= 0.3 is 0 Å². The Hall–Kier alpha value is -4.71. The Balaban J connectivity index is 1.54. The van der Waals surface area contributed by atoms with Crippen molar-refractivity contribution >= 4 is 40.0 Å². The molecule has 35 heavy (non-hydrogen) atoms. The second kappa shape index (κ2) is 8.57. The van der Waals surface area contributed by atoms with E-state index in [2.05, 4.69) is 25.5 Å². The van der Waals surface area contributed by atoms with Crippen molar-refractivity contribution in [1.29, 1.82) is 0 Å². The molecular formula is C22H14ClFN8O3. The highest BCUT2D eigenvalue weighted by Crippen LogP contribution is 2.27. The maximum atomic E-state index is 13.3. The Morgan fingerprint density at radius 2 is 1.89 bits per heavy atom. The van der Waals surface area contributed by atoms with Gasteiger partial charge in [-0.3, -0.25) is 14.9 Å². The Labute approximate surface area is 201 Å². The first kappa shape index (κ1) is 22.1. The summed E-state index contributed by atoms with van der Waals surface area (Å²) in [7, 11) is 0. The van der Waals surface area contributed by atoms with Crippen molar-refractivity contribution in [3.8, 4) is 11.5 Å². The summed E-state index contributed by atoms with van der Waals surface area (Å²) in [5.41, 5.74) is 1.29. The fraction of sp³-hybridized carbons (Fsp3) is 0.0455. The lowest BCUT2D eigenvalue weighted by Gasteiger charge is -2.09. The van der Waals surface area contributed by atoms with Crippen LogP contribution in [-0.2, 0) is 0 Å². The largest absolute Gasteiger partial charge is 0.306 e. The number of nitro groups is 1. The van der Waals surface area contributed by atoms with Crippen LogP contribution in [-0.4, -0.2) is 40.4 Å². The third-order valence-corrected chi connectivity index (χ3v) is 5.41. The fourth-order valence-electron chi connectivity index (χ4n) is 3.50. The van der Waals surface area contributed by atoms with Crippen LogP contribution in [0.3, 0.4) is 0 Å². The number of aryl methyl sites for hydroxylation is 1. The zero-order valence-electron chi connectivity index (χ0n) is 17.9. The molecule has 3 heterocycles. The highest BCUT2D eigenvalue weighted by molar-refractivity contribution is 6.32. The average molecular weight is 493 g/mol. The molecule has 0 aliphatic heterocycles. The average Bonchev–Trinajstić information content (AvgIpc) is 3.43. The zero-order chi connectivity index (χ0) is 24.7. The number of halogens is 2. The number of aromatic nitrogens is 6. The summed E-state index contributed by atoms with van der Waals surface area (Å²) in [5, 5.41) is 23.1. The molecule has 0 fully saturated rings. The van der Waals surface area contributed by atoms with Crippen LogP contribution in [0, 0.1) is 22.9 Å². The monoisotopic (exact) mass is 492 g/mol. The summed E-state index contributed by atoms with van der Waals surface area (Å²) in [6, 6.07) is 11.2. The quantitative estimate of drug-likeness (QED) is 0.286. The topological polar surface area (TPSA) is 134 Å². The number of nitrogens with one attached hydrogen (secondary N) is 1. The SMILES string of the molecule is Cc1cc(NC(=O)c2ccc(Cl)c([N+](=O)[O-])c2)n(-c2ncnc3c2cnn3-c2ccc(F)cc2)n1. The standard InChI is InChI=1S/C22H14ClFN8O3/c1-12-8-19(28-22(33)13-2-7-17(23)18(9-13)32(34)35)31(29-12)21-16-10-27-30(20(16)25-11-26-21)15-5-3-14(24)4-6-15/h2-11H,1H3,(H,28,33). The smallest absolute Gasteiger partial charge is 0.288 e. The molecule has 13 heteroatoms. The van der Waals surface area contributed by atoms with Gasteiger partial charge in [0.05, 0.1) is 27.9 Å². The number of carbonyl (C=O) groups excluding carboxylic acids is 1. The van der Waals surface area contributed by atoms with E-state index in [4.69, 9.17) is 11.6 Å². The summed E-state index contributed by atoms with van der Waals surface area (Å²) in [5.74, 6) is -0.356. The molecule has 3 aromatic heterocycles. The lowest BCUT2D eigenvalue weighted by Crippen LogP contribution is -2.16. The van der Waals surface area contributed by atoms with Gasteiger partial charge in [-0.25, -0.2) is 19.0 Å². The number of anilines is 1. The summed E-state index contributed by atoms with van der Waals surface area (Å²) in [6.07, 6.45) is 2.86. The molecule has 0 unspecified atom stereocenters. The predicted octanol–water partition coefficient (Wildman–Crippen LogP) is 4.26. The maximum Gasteiger partial charge on any atom is 0.288 e. The molecule has 0 bridgehead atoms. The molecule has 0 saturated heterocycles. The van der Waals surface area contributed by atoms with Crippen LogP contribution < -0.4 is 5.32 Å². The number of nitrogens with zero attached hydrogens (tertiary/aromatic N) is 7. The number of fused-ring (bicyclic) bond motifs is 1. The van der Waals surface area contributed by atoms with Crippen molar-refractivity contribution in [3.63, 3.8) is 0 Å². The highest BCUT2D eigenvalue weighted by Gasteiger charge is 2.20. The minimum Gasteiger partial charge on any atom is -0.306 e. The minimum atomic E-state index is -0.663. The van der Waals surface area contributed by atoms with Crippen LogP contribution in [0.4, 0.5) is 15.9 Å². The van der Waals surface area contributed by atoms with E-state index < -0.39 is 10.8 Å². The first-order valence-electron chi connectivity index (χ1n) is 10.1. The number of carbonyl (C=O) groups is 1. The van der Waals surface area contributed by atoms with Gasteiger partial charge < -0.3 is 5.32 Å². The normalized spacial score (nSPS) is 11.1. The molecule has 5 aromatic rings. The van der Waals surface area contributed by atoms with Gasteiger partial charge in [0.2, 0.25) is 0 Å². The van der Waals surface area contributed by atoms with Gasteiger partial charge in [0, 0.05) is 17.7 Å². The molecule has 0 radical (unpaired) electrons. The van der Waals surface area contributed by atoms with Gasteiger partial charge in [0.15, 0.2) is 11.5 Å². The van der Waals surface area contributed by atoms with E-state index in [1.54, 1.807) is 31.3 Å². The van der Waals surface area contributed by atoms with Gasteiger partial charge in [0.25, 0.3) is 11.6 Å². The van der Waals surface area contributed by atoms with Crippen molar-refractivity contribution in [2.75, 3.05) is 5.32 Å². The molecule has 0 atom stereocenters. The fourth-order valence-corrected chi connectivity index (χ4v) is 3.69. The van der Waals surface area contributed by atoms with Crippen molar-refractivity contribution in [2.45, 2.75) is 6.92 Å². The molecule has 11 nitrogen and oxygen atoms in total. The Bertz CT molecular complexity index is 1610. The number of amides is 1. The van der Waals surface area contributed by atoms with Crippen LogP contribution in [0.15, 0.2) is 61.1 Å². The van der Waals surface area contributed by atoms with E-state index >= 15 is 0 Å². The van der Waals surface area contributed by atoms with Crippen molar-refractivity contribution < 1.29 is 14.1 Å². The van der Waals surface area contributed by atoms with Gasteiger partial charge in [-0.15, -0.1) is 0 Å². The summed E-state index contributed by atoms with van der Waals surface area (Å²) >= 11 is 5.85. The molecular weight excluding hydrogens is 479 g/mol. The predicted molar refractivity (Wildman–Crippen MR) is 125 cm³/mol. The lowest BCUT2D eigenvalue weighted by molar-refractivity contribution is -0.384. The molecule has 5 rings (SSSR count). The Morgan fingerprint density at radius 1 is 1.11 bits per heavy atom. The first-order chi connectivity index (χ1) is 16.8. The van der Waals surface area contributed by atoms with E-state index in [1.165, 1.54) is 40.0 Å². The van der Waals surface area contributed by atoms with Gasteiger partial charge in [-0.2, -0.15) is 14.9 Å². The lowest BCUT2D eigenvalue weighted by atomic mass is 10.2. The molecule has 0 aliphatic carbocycles. The summed E-state index contributed by atoms with van der Waals surface area (Å²) in [6.45, 7) is 1.74. The van der Waals surface area contributed by atoms with E-state index in [1.807, 2.05) is 0 Å². The van der Waals surface area contributed by atoms with Crippen molar-refractivity contribution in [3.05, 3.63) is 93.3 Å². The molecule has 174 valence electrons. The second-order valence-corrected chi connectivity index (χ2v) is 7.83.